The van der Waals surface area contributed by atoms with E-state index >= 15 is 0 Å². The molecule has 1 aliphatic heterocycles. The Morgan fingerprint density at radius 1 is 1.43 bits per heavy atom. The fraction of sp³-hybridized carbons (Fsp3) is 0.684. The summed E-state index contributed by atoms with van der Waals surface area (Å²) in [5.74, 6) is 0.419. The smallest absolute Gasteiger partial charge is 0.269 e. The Morgan fingerprint density at radius 2 is 2.29 bits per heavy atom. The number of imidazole rings is 1. The molecule has 1 aliphatic carbocycles. The second kappa shape index (κ2) is 8.83. The predicted molar refractivity (Wildman–Crippen MR) is 105 cm³/mol. The SMILES string of the molecule is O=C(N[C@@H](CO)[C@@H]1C[C@@H](n2cc(CC3CCCCC3)nn2)CO1)c1cnc[nH]1.[HH].[HH]. The van der Waals surface area contributed by atoms with Crippen molar-refractivity contribution in [3.8, 4) is 0 Å². The fourth-order valence-corrected chi connectivity index (χ4v) is 4.26. The summed E-state index contributed by atoms with van der Waals surface area (Å²) in [6.07, 6.45) is 12.9. The Morgan fingerprint density at radius 3 is 3.04 bits per heavy atom. The molecular weight excluding hydrogens is 360 g/mol. The summed E-state index contributed by atoms with van der Waals surface area (Å²) in [5, 5.41) is 21.2. The van der Waals surface area contributed by atoms with Crippen molar-refractivity contribution < 1.29 is 17.5 Å². The van der Waals surface area contributed by atoms with Crippen molar-refractivity contribution in [2.24, 2.45) is 5.92 Å². The lowest BCUT2D eigenvalue weighted by Gasteiger charge is -2.21. The van der Waals surface area contributed by atoms with Crippen molar-refractivity contribution in [1.29, 1.82) is 0 Å². The largest absolute Gasteiger partial charge is 0.394 e. The zero-order chi connectivity index (χ0) is 19.3. The van der Waals surface area contributed by atoms with Gasteiger partial charge < -0.3 is 20.1 Å². The monoisotopic (exact) mass is 392 g/mol. The van der Waals surface area contributed by atoms with Gasteiger partial charge in [-0.15, -0.1) is 5.10 Å². The van der Waals surface area contributed by atoms with Crippen molar-refractivity contribution in [1.82, 2.24) is 30.3 Å². The molecule has 4 rings (SSSR count). The van der Waals surface area contributed by atoms with Gasteiger partial charge in [0, 0.05) is 15.5 Å². The fourth-order valence-electron chi connectivity index (χ4n) is 4.26. The number of aromatic nitrogens is 5. The molecule has 3 N–H and O–H groups in total. The maximum absolute atomic E-state index is 12.2. The van der Waals surface area contributed by atoms with Crippen LogP contribution < -0.4 is 5.32 Å². The molecule has 156 valence electrons. The molecule has 2 aromatic heterocycles. The number of hydrogen-bond acceptors (Lipinski definition) is 6. The topological polar surface area (TPSA) is 118 Å². The Kier molecular flexibility index (Phi) is 6.01. The van der Waals surface area contributed by atoms with Gasteiger partial charge >= 0.3 is 0 Å². The third-order valence-electron chi connectivity index (χ3n) is 5.87. The lowest BCUT2D eigenvalue weighted by molar-refractivity contribution is 0.0489. The van der Waals surface area contributed by atoms with Crippen molar-refractivity contribution in [3.63, 3.8) is 0 Å². The third-order valence-corrected chi connectivity index (χ3v) is 5.87. The molecule has 1 saturated heterocycles. The molecule has 2 aliphatic rings. The number of nitrogens with one attached hydrogen (secondary N) is 2. The molecule has 0 radical (unpaired) electrons. The van der Waals surface area contributed by atoms with Crippen LogP contribution in [0, 0.1) is 5.92 Å². The molecule has 28 heavy (non-hydrogen) atoms. The Balaban J connectivity index is 0.00000160. The number of amides is 1. The number of carbonyl (C=O) groups is 1. The number of aliphatic hydroxyl groups is 1. The molecule has 1 saturated carbocycles. The maximum Gasteiger partial charge on any atom is 0.269 e. The van der Waals surface area contributed by atoms with Crippen LogP contribution >= 0.6 is 0 Å². The number of rotatable bonds is 7. The number of nitrogens with zero attached hydrogens (tertiary/aromatic N) is 4. The number of hydrogen-bond donors (Lipinski definition) is 3. The highest BCUT2D eigenvalue weighted by Crippen LogP contribution is 2.28. The van der Waals surface area contributed by atoms with Crippen LogP contribution in [0.3, 0.4) is 0 Å². The highest BCUT2D eigenvalue weighted by Gasteiger charge is 2.34. The normalized spacial score (nSPS) is 24.3. The van der Waals surface area contributed by atoms with Crippen LogP contribution in [0.15, 0.2) is 18.7 Å². The number of carbonyl (C=O) groups excluding carboxylic acids is 1. The van der Waals surface area contributed by atoms with Gasteiger partial charge in [-0.25, -0.2) is 9.67 Å². The minimum absolute atomic E-state index is 0. The number of aromatic amines is 1. The van der Waals surface area contributed by atoms with Crippen molar-refractivity contribution in [3.05, 3.63) is 30.1 Å². The first-order valence-corrected chi connectivity index (χ1v) is 10.2. The maximum atomic E-state index is 12.2. The average Bonchev–Trinajstić information content (AvgIpc) is 3.48. The van der Waals surface area contributed by atoms with Gasteiger partial charge in [-0.1, -0.05) is 37.3 Å². The first-order valence-electron chi connectivity index (χ1n) is 10.2. The molecule has 9 heteroatoms. The zero-order valence-corrected chi connectivity index (χ0v) is 16.0. The van der Waals surface area contributed by atoms with Crippen molar-refractivity contribution >= 4 is 5.91 Å². The van der Waals surface area contributed by atoms with E-state index in [-0.39, 0.29) is 27.5 Å². The van der Waals surface area contributed by atoms with E-state index < -0.39 is 6.04 Å². The minimum Gasteiger partial charge on any atom is -0.394 e. The Bertz CT molecular complexity index is 766. The zero-order valence-electron chi connectivity index (χ0n) is 16.0. The average molecular weight is 393 g/mol. The standard InChI is InChI=1S/C19H28N6O3.2H2/c26-10-17(22-19(27)16-8-20-12-21-16)18-7-15(11-28-18)25-9-14(23-24-25)6-13-4-2-1-3-5-13;;/h8-9,12-13,15,17-18,26H,1-7,10-11H2,(H,20,21)(H,22,27);2*1H/t15-,17+,18+;;/m1../s1. The van der Waals surface area contributed by atoms with E-state index in [1.165, 1.54) is 44.6 Å². The molecule has 1 amide bonds. The van der Waals surface area contributed by atoms with Crippen LogP contribution in [0.1, 0.15) is 63.6 Å². The molecule has 0 unspecified atom stereocenters. The van der Waals surface area contributed by atoms with Gasteiger partial charge in [0.05, 0.1) is 49.6 Å². The Labute approximate surface area is 166 Å². The van der Waals surface area contributed by atoms with E-state index in [4.69, 9.17) is 4.74 Å². The predicted octanol–water partition coefficient (Wildman–Crippen LogP) is 1.74. The van der Waals surface area contributed by atoms with Gasteiger partial charge in [-0.3, -0.25) is 4.79 Å². The van der Waals surface area contributed by atoms with Crippen molar-refractivity contribution in [2.75, 3.05) is 13.2 Å². The molecule has 3 atom stereocenters. The van der Waals surface area contributed by atoms with E-state index in [0.717, 1.165) is 18.0 Å². The molecule has 2 fully saturated rings. The molecule has 9 nitrogen and oxygen atoms in total. The Hall–Kier alpha value is -2.26. The lowest BCUT2D eigenvalue weighted by Crippen LogP contribution is -2.45. The van der Waals surface area contributed by atoms with Crippen LogP contribution in [-0.2, 0) is 11.2 Å². The number of H-pyrrole nitrogens is 1. The van der Waals surface area contributed by atoms with Crippen LogP contribution in [0.25, 0.3) is 0 Å². The second-order valence-electron chi connectivity index (χ2n) is 7.89. The van der Waals surface area contributed by atoms with Crippen LogP contribution in [0.2, 0.25) is 0 Å². The highest BCUT2D eigenvalue weighted by molar-refractivity contribution is 5.92. The quantitative estimate of drug-likeness (QED) is 0.660. The van der Waals surface area contributed by atoms with Gasteiger partial charge in [0.25, 0.3) is 5.91 Å². The summed E-state index contributed by atoms with van der Waals surface area (Å²) in [4.78, 5) is 18.8. The molecule has 3 heterocycles. The summed E-state index contributed by atoms with van der Waals surface area (Å²) in [5.41, 5.74) is 1.40. The van der Waals surface area contributed by atoms with E-state index in [2.05, 4.69) is 25.6 Å². The molecule has 0 bridgehead atoms. The number of ether oxygens (including phenoxy) is 1. The van der Waals surface area contributed by atoms with Crippen LogP contribution in [0.4, 0.5) is 0 Å². The summed E-state index contributed by atoms with van der Waals surface area (Å²) in [6.45, 7) is 0.300. The summed E-state index contributed by atoms with van der Waals surface area (Å²) < 4.78 is 7.74. The van der Waals surface area contributed by atoms with Crippen LogP contribution in [0.5, 0.6) is 0 Å². The van der Waals surface area contributed by atoms with E-state index in [1.807, 2.05) is 10.9 Å². The van der Waals surface area contributed by atoms with E-state index in [0.29, 0.717) is 18.7 Å². The summed E-state index contributed by atoms with van der Waals surface area (Å²) in [7, 11) is 0. The first kappa shape index (κ1) is 19.1. The molecule has 2 aromatic rings. The van der Waals surface area contributed by atoms with Gasteiger partial charge in [-0.2, -0.15) is 0 Å². The van der Waals surface area contributed by atoms with E-state index in [1.54, 1.807) is 0 Å². The van der Waals surface area contributed by atoms with Gasteiger partial charge in [0.2, 0.25) is 0 Å². The van der Waals surface area contributed by atoms with Crippen molar-refractivity contribution in [2.45, 2.75) is 63.1 Å². The summed E-state index contributed by atoms with van der Waals surface area (Å²) >= 11 is 0. The second-order valence-corrected chi connectivity index (χ2v) is 7.89. The molecule has 0 aromatic carbocycles. The highest BCUT2D eigenvalue weighted by atomic mass is 16.5. The first-order chi connectivity index (χ1) is 13.7. The number of aliphatic hydroxyl groups excluding tert-OH is 1. The third kappa shape index (κ3) is 4.41. The summed E-state index contributed by atoms with van der Waals surface area (Å²) in [6, 6.07) is -0.415. The molecular formula is C19H32N6O3. The van der Waals surface area contributed by atoms with Gasteiger partial charge in [-0.05, 0) is 12.3 Å². The van der Waals surface area contributed by atoms with Crippen LogP contribution in [-0.4, -0.2) is 61.3 Å². The molecule has 0 spiro atoms. The minimum atomic E-state index is -0.481. The lowest BCUT2D eigenvalue weighted by atomic mass is 9.86. The van der Waals surface area contributed by atoms with E-state index in [9.17, 15) is 9.90 Å². The van der Waals surface area contributed by atoms with Gasteiger partial charge in [0.15, 0.2) is 0 Å². The van der Waals surface area contributed by atoms with Gasteiger partial charge in [0.1, 0.15) is 5.69 Å².